The van der Waals surface area contributed by atoms with Crippen molar-refractivity contribution in [3.63, 3.8) is 0 Å². The maximum absolute atomic E-state index is 12.6. The minimum atomic E-state index is -1.08. The van der Waals surface area contributed by atoms with Crippen molar-refractivity contribution in [3.8, 4) is 17.0 Å². The Kier molecular flexibility index (Phi) is 5.74. The van der Waals surface area contributed by atoms with Crippen molar-refractivity contribution in [1.29, 1.82) is 0 Å². The van der Waals surface area contributed by atoms with E-state index in [0.717, 1.165) is 22.2 Å². The average Bonchev–Trinajstić information content (AvgIpc) is 3.18. The van der Waals surface area contributed by atoms with Crippen molar-refractivity contribution < 1.29 is 24.2 Å². The number of carbonyl (C=O) groups excluding carboxylic acids is 1. The third kappa shape index (κ3) is 4.66. The SMILES string of the molecule is CC(C)(C)OC(=O)N1CC(Oc2cc(-c3ccccc3)nc3ccccc23)CC1C(=O)O. The number of carbonyl (C=O) groups is 2. The molecule has 0 saturated carbocycles. The van der Waals surface area contributed by atoms with Crippen molar-refractivity contribution in [1.82, 2.24) is 9.88 Å². The zero-order chi connectivity index (χ0) is 22.9. The van der Waals surface area contributed by atoms with Gasteiger partial charge in [0.2, 0.25) is 0 Å². The van der Waals surface area contributed by atoms with E-state index in [9.17, 15) is 14.7 Å². The first kappa shape index (κ1) is 21.6. The van der Waals surface area contributed by atoms with Crippen molar-refractivity contribution in [2.75, 3.05) is 6.54 Å². The number of pyridine rings is 1. The van der Waals surface area contributed by atoms with E-state index in [1.54, 1.807) is 20.8 Å². The molecule has 1 aliphatic heterocycles. The van der Waals surface area contributed by atoms with Gasteiger partial charge in [0, 0.05) is 23.4 Å². The average molecular weight is 434 g/mol. The zero-order valence-electron chi connectivity index (χ0n) is 18.3. The molecule has 2 atom stereocenters. The lowest BCUT2D eigenvalue weighted by atomic mass is 10.1. The van der Waals surface area contributed by atoms with Crippen molar-refractivity contribution >= 4 is 23.0 Å². The van der Waals surface area contributed by atoms with E-state index in [4.69, 9.17) is 14.5 Å². The molecule has 1 N–H and O–H groups in total. The van der Waals surface area contributed by atoms with E-state index in [2.05, 4.69) is 0 Å². The van der Waals surface area contributed by atoms with Gasteiger partial charge in [-0.2, -0.15) is 0 Å². The van der Waals surface area contributed by atoms with Crippen molar-refractivity contribution in [2.24, 2.45) is 0 Å². The summed E-state index contributed by atoms with van der Waals surface area (Å²) in [5.41, 5.74) is 1.77. The van der Waals surface area contributed by atoms with Gasteiger partial charge in [-0.15, -0.1) is 0 Å². The molecule has 7 nitrogen and oxygen atoms in total. The lowest BCUT2D eigenvalue weighted by molar-refractivity contribution is -0.142. The number of carboxylic acids is 1. The van der Waals surface area contributed by atoms with Crippen molar-refractivity contribution in [3.05, 3.63) is 60.7 Å². The van der Waals surface area contributed by atoms with Crippen LogP contribution in [0.15, 0.2) is 60.7 Å². The maximum Gasteiger partial charge on any atom is 0.411 e. The Morgan fingerprint density at radius 3 is 2.44 bits per heavy atom. The van der Waals surface area contributed by atoms with E-state index in [0.29, 0.717) is 5.75 Å². The minimum absolute atomic E-state index is 0.128. The highest BCUT2D eigenvalue weighted by Gasteiger charge is 2.42. The second kappa shape index (κ2) is 8.49. The molecule has 0 spiro atoms. The van der Waals surface area contributed by atoms with Crippen LogP contribution >= 0.6 is 0 Å². The lowest BCUT2D eigenvalue weighted by Gasteiger charge is -2.26. The summed E-state index contributed by atoms with van der Waals surface area (Å²) in [7, 11) is 0. The molecule has 1 fully saturated rings. The number of para-hydroxylation sites is 1. The Morgan fingerprint density at radius 1 is 1.06 bits per heavy atom. The summed E-state index contributed by atoms with van der Waals surface area (Å²) in [6, 6.07) is 18.3. The first-order chi connectivity index (χ1) is 15.2. The minimum Gasteiger partial charge on any atom is -0.488 e. The van der Waals surface area contributed by atoms with E-state index in [-0.39, 0.29) is 13.0 Å². The molecule has 7 heteroatoms. The topological polar surface area (TPSA) is 89.0 Å². The van der Waals surface area contributed by atoms with Crippen LogP contribution in [0.4, 0.5) is 4.79 Å². The maximum atomic E-state index is 12.6. The molecule has 1 aromatic heterocycles. The predicted octanol–water partition coefficient (Wildman–Crippen LogP) is 4.74. The summed E-state index contributed by atoms with van der Waals surface area (Å²) < 4.78 is 11.7. The van der Waals surface area contributed by atoms with Gasteiger partial charge in [0.05, 0.1) is 17.8 Å². The van der Waals surface area contributed by atoms with Crippen LogP contribution in [0.25, 0.3) is 22.2 Å². The highest BCUT2D eigenvalue weighted by Crippen LogP contribution is 2.33. The fourth-order valence-electron chi connectivity index (χ4n) is 3.82. The van der Waals surface area contributed by atoms with Gasteiger partial charge in [-0.25, -0.2) is 14.6 Å². The number of hydrogen-bond acceptors (Lipinski definition) is 5. The number of rotatable bonds is 4. The summed E-state index contributed by atoms with van der Waals surface area (Å²) in [5, 5.41) is 10.5. The van der Waals surface area contributed by atoms with Gasteiger partial charge in [-0.1, -0.05) is 42.5 Å². The molecule has 2 unspecified atom stereocenters. The molecule has 32 heavy (non-hydrogen) atoms. The molecule has 3 aromatic rings. The van der Waals surface area contributed by atoms with E-state index >= 15 is 0 Å². The van der Waals surface area contributed by atoms with Crippen molar-refractivity contribution in [2.45, 2.75) is 44.9 Å². The number of nitrogens with zero attached hydrogens (tertiary/aromatic N) is 2. The second-order valence-electron chi connectivity index (χ2n) is 8.85. The highest BCUT2D eigenvalue weighted by molar-refractivity contribution is 5.88. The van der Waals surface area contributed by atoms with Gasteiger partial charge in [0.25, 0.3) is 0 Å². The normalized spacial score (nSPS) is 18.5. The standard InChI is InChI=1S/C25H26N2O5/c1-25(2,3)32-24(30)27-15-17(13-21(27)23(28)29)31-22-14-20(16-9-5-4-6-10-16)26-19-12-8-7-11-18(19)22/h4-12,14,17,21H,13,15H2,1-3H3,(H,28,29). The molecular weight excluding hydrogens is 408 g/mol. The van der Waals surface area contributed by atoms with Crippen LogP contribution < -0.4 is 4.74 Å². The van der Waals surface area contributed by atoms with Crippen LogP contribution in [-0.2, 0) is 9.53 Å². The first-order valence-electron chi connectivity index (χ1n) is 10.6. The summed E-state index contributed by atoms with van der Waals surface area (Å²) in [5.74, 6) is -0.471. The largest absolute Gasteiger partial charge is 0.488 e. The van der Waals surface area contributed by atoms with Gasteiger partial charge in [-0.05, 0) is 32.9 Å². The molecule has 166 valence electrons. The molecular formula is C25H26N2O5. The molecule has 4 rings (SSSR count). The second-order valence-corrected chi connectivity index (χ2v) is 8.85. The fourth-order valence-corrected chi connectivity index (χ4v) is 3.82. The number of aliphatic carboxylic acids is 1. The molecule has 1 saturated heterocycles. The zero-order valence-corrected chi connectivity index (χ0v) is 18.3. The number of fused-ring (bicyclic) bond motifs is 1. The van der Waals surface area contributed by atoms with E-state index in [1.807, 2.05) is 60.7 Å². The molecule has 2 aromatic carbocycles. The number of ether oxygens (including phenoxy) is 2. The monoisotopic (exact) mass is 434 g/mol. The van der Waals surface area contributed by atoms with Crippen LogP contribution in [0.2, 0.25) is 0 Å². The Morgan fingerprint density at radius 2 is 1.75 bits per heavy atom. The van der Waals surface area contributed by atoms with Crippen LogP contribution in [-0.4, -0.2) is 51.3 Å². The smallest absolute Gasteiger partial charge is 0.411 e. The Balaban J connectivity index is 1.64. The number of amides is 1. The molecule has 0 aliphatic carbocycles. The van der Waals surface area contributed by atoms with Crippen LogP contribution in [0.5, 0.6) is 5.75 Å². The number of benzene rings is 2. The third-order valence-electron chi connectivity index (χ3n) is 5.22. The fraction of sp³-hybridized carbons (Fsp3) is 0.320. The van der Waals surface area contributed by atoms with Gasteiger partial charge in [0.1, 0.15) is 23.5 Å². The molecule has 0 radical (unpaired) electrons. The Bertz CT molecular complexity index is 1140. The third-order valence-corrected chi connectivity index (χ3v) is 5.22. The summed E-state index contributed by atoms with van der Waals surface area (Å²) in [6.07, 6.45) is -0.968. The van der Waals surface area contributed by atoms with E-state index < -0.39 is 29.8 Å². The number of likely N-dealkylation sites (tertiary alicyclic amines) is 1. The summed E-state index contributed by atoms with van der Waals surface area (Å²) >= 11 is 0. The number of carboxylic acid groups (broad SMARTS) is 1. The molecule has 1 amide bonds. The van der Waals surface area contributed by atoms with Crippen LogP contribution in [0.1, 0.15) is 27.2 Å². The van der Waals surface area contributed by atoms with Gasteiger partial charge in [-0.3, -0.25) is 4.90 Å². The first-order valence-corrected chi connectivity index (χ1v) is 10.6. The predicted molar refractivity (Wildman–Crippen MR) is 121 cm³/mol. The molecule has 1 aliphatic rings. The molecule has 0 bridgehead atoms. The lowest BCUT2D eigenvalue weighted by Crippen LogP contribution is -2.43. The summed E-state index contributed by atoms with van der Waals surface area (Å²) in [6.45, 7) is 5.38. The van der Waals surface area contributed by atoms with Gasteiger partial charge >= 0.3 is 12.1 Å². The Hall–Kier alpha value is -3.61. The van der Waals surface area contributed by atoms with Crippen LogP contribution in [0.3, 0.4) is 0 Å². The molecule has 2 heterocycles. The summed E-state index contributed by atoms with van der Waals surface area (Å²) in [4.78, 5) is 30.4. The van der Waals surface area contributed by atoms with E-state index in [1.165, 1.54) is 4.90 Å². The van der Waals surface area contributed by atoms with Gasteiger partial charge < -0.3 is 14.6 Å². The Labute approximate surface area is 186 Å². The number of aromatic nitrogens is 1. The van der Waals surface area contributed by atoms with Crippen LogP contribution in [0, 0.1) is 0 Å². The quantitative estimate of drug-likeness (QED) is 0.638. The highest BCUT2D eigenvalue weighted by atomic mass is 16.6. The number of hydrogen-bond donors (Lipinski definition) is 1. The van der Waals surface area contributed by atoms with Gasteiger partial charge in [0.15, 0.2) is 0 Å².